The van der Waals surface area contributed by atoms with Crippen molar-refractivity contribution in [2.75, 3.05) is 12.4 Å². The highest BCUT2D eigenvalue weighted by Crippen LogP contribution is 2.27. The molecule has 1 aromatic carbocycles. The van der Waals surface area contributed by atoms with Crippen LogP contribution in [0.25, 0.3) is 0 Å². The Hall–Kier alpha value is -1.00. The van der Waals surface area contributed by atoms with Crippen LogP contribution in [0.1, 0.15) is 25.5 Å². The van der Waals surface area contributed by atoms with E-state index in [1.807, 2.05) is 24.3 Å². The Morgan fingerprint density at radius 2 is 2.19 bits per heavy atom. The van der Waals surface area contributed by atoms with E-state index in [1.54, 1.807) is 13.8 Å². The summed E-state index contributed by atoms with van der Waals surface area (Å²) in [5, 5.41) is 9.54. The number of carbonyl (C=O) groups excluding carboxylic acids is 1. The zero-order valence-corrected chi connectivity index (χ0v) is 10.3. The van der Waals surface area contributed by atoms with Gasteiger partial charge in [-0.25, -0.2) is 0 Å². The smallest absolute Gasteiger partial charge is 0.316 e. The molecule has 0 spiro atoms. The Kier molecular flexibility index (Phi) is 5.35. The molecule has 1 atom stereocenters. The Morgan fingerprint density at radius 3 is 2.81 bits per heavy atom. The SMILES string of the molecule is CCOC(=O)CSc1ccccc1C(C)O. The second-order valence-electron chi connectivity index (χ2n) is 3.31. The lowest BCUT2D eigenvalue weighted by Crippen LogP contribution is -2.07. The second kappa shape index (κ2) is 6.55. The van der Waals surface area contributed by atoms with Gasteiger partial charge >= 0.3 is 5.97 Å². The van der Waals surface area contributed by atoms with Crippen LogP contribution in [0.2, 0.25) is 0 Å². The number of aliphatic hydroxyl groups is 1. The van der Waals surface area contributed by atoms with E-state index < -0.39 is 6.10 Å². The highest BCUT2D eigenvalue weighted by molar-refractivity contribution is 8.00. The first-order valence-corrected chi connectivity index (χ1v) is 6.19. The maximum absolute atomic E-state index is 11.2. The molecule has 0 saturated carbocycles. The lowest BCUT2D eigenvalue weighted by Gasteiger charge is -2.10. The third-order valence-electron chi connectivity index (χ3n) is 2.02. The number of benzene rings is 1. The predicted molar refractivity (Wildman–Crippen MR) is 64.4 cm³/mol. The van der Waals surface area contributed by atoms with Crippen LogP contribution in [-0.2, 0) is 9.53 Å². The molecule has 0 radical (unpaired) electrons. The molecule has 1 aromatic rings. The van der Waals surface area contributed by atoms with Gasteiger partial charge < -0.3 is 9.84 Å². The van der Waals surface area contributed by atoms with E-state index in [2.05, 4.69) is 0 Å². The van der Waals surface area contributed by atoms with Crippen molar-refractivity contribution in [3.63, 3.8) is 0 Å². The van der Waals surface area contributed by atoms with Crippen molar-refractivity contribution in [2.45, 2.75) is 24.8 Å². The summed E-state index contributed by atoms with van der Waals surface area (Å²) in [6.45, 7) is 3.90. The minimum atomic E-state index is -0.522. The van der Waals surface area contributed by atoms with Gasteiger partial charge in [0.1, 0.15) is 0 Å². The number of hydrogen-bond donors (Lipinski definition) is 1. The normalized spacial score (nSPS) is 12.2. The van der Waals surface area contributed by atoms with Gasteiger partial charge in [0.2, 0.25) is 0 Å². The molecule has 0 aliphatic carbocycles. The van der Waals surface area contributed by atoms with Crippen LogP contribution in [0.4, 0.5) is 0 Å². The van der Waals surface area contributed by atoms with Crippen LogP contribution in [0.5, 0.6) is 0 Å². The van der Waals surface area contributed by atoms with Gasteiger partial charge in [0.25, 0.3) is 0 Å². The average Bonchev–Trinajstić information content (AvgIpc) is 2.27. The van der Waals surface area contributed by atoms with Crippen molar-refractivity contribution in [1.29, 1.82) is 0 Å². The van der Waals surface area contributed by atoms with Crippen molar-refractivity contribution >= 4 is 17.7 Å². The molecule has 0 amide bonds. The Balaban J connectivity index is 2.63. The summed E-state index contributed by atoms with van der Waals surface area (Å²) in [6.07, 6.45) is -0.522. The summed E-state index contributed by atoms with van der Waals surface area (Å²) < 4.78 is 4.84. The van der Waals surface area contributed by atoms with E-state index in [0.717, 1.165) is 10.5 Å². The van der Waals surface area contributed by atoms with Crippen LogP contribution in [0, 0.1) is 0 Å². The lowest BCUT2D eigenvalue weighted by atomic mass is 10.1. The first kappa shape index (κ1) is 13.1. The second-order valence-corrected chi connectivity index (χ2v) is 4.32. The van der Waals surface area contributed by atoms with Crippen molar-refractivity contribution in [3.05, 3.63) is 29.8 Å². The molecular weight excluding hydrogens is 224 g/mol. The summed E-state index contributed by atoms with van der Waals surface area (Å²) >= 11 is 1.39. The summed E-state index contributed by atoms with van der Waals surface area (Å²) in [5.41, 5.74) is 0.844. The zero-order chi connectivity index (χ0) is 12.0. The predicted octanol–water partition coefficient (Wildman–Crippen LogP) is 2.40. The average molecular weight is 240 g/mol. The molecule has 0 bridgehead atoms. The maximum Gasteiger partial charge on any atom is 0.316 e. The van der Waals surface area contributed by atoms with Crippen molar-refractivity contribution in [1.82, 2.24) is 0 Å². The summed E-state index contributed by atoms with van der Waals surface area (Å²) in [6, 6.07) is 7.51. The van der Waals surface area contributed by atoms with Crippen LogP contribution in [0.15, 0.2) is 29.2 Å². The van der Waals surface area contributed by atoms with E-state index in [4.69, 9.17) is 4.74 Å². The zero-order valence-electron chi connectivity index (χ0n) is 9.47. The third kappa shape index (κ3) is 3.87. The Morgan fingerprint density at radius 1 is 1.50 bits per heavy atom. The fourth-order valence-electron chi connectivity index (χ4n) is 1.30. The molecule has 1 unspecified atom stereocenters. The van der Waals surface area contributed by atoms with E-state index >= 15 is 0 Å². The molecule has 88 valence electrons. The number of carbonyl (C=O) groups is 1. The Bertz CT molecular complexity index is 350. The molecule has 0 heterocycles. The summed E-state index contributed by atoms with van der Waals surface area (Å²) in [5.74, 6) is 0.0466. The van der Waals surface area contributed by atoms with Gasteiger partial charge in [-0.1, -0.05) is 18.2 Å². The van der Waals surface area contributed by atoms with Gasteiger partial charge in [0, 0.05) is 4.90 Å². The molecule has 0 saturated heterocycles. The third-order valence-corrected chi connectivity index (χ3v) is 3.08. The van der Waals surface area contributed by atoms with E-state index in [0.29, 0.717) is 6.61 Å². The number of ether oxygens (including phenoxy) is 1. The fourth-order valence-corrected chi connectivity index (χ4v) is 2.23. The van der Waals surface area contributed by atoms with E-state index in [9.17, 15) is 9.90 Å². The van der Waals surface area contributed by atoms with E-state index in [-0.39, 0.29) is 11.7 Å². The molecule has 1 N–H and O–H groups in total. The van der Waals surface area contributed by atoms with Gasteiger partial charge in [-0.2, -0.15) is 0 Å². The van der Waals surface area contributed by atoms with Crippen molar-refractivity contribution in [3.8, 4) is 0 Å². The molecule has 3 nitrogen and oxygen atoms in total. The minimum Gasteiger partial charge on any atom is -0.465 e. The van der Waals surface area contributed by atoms with Crippen LogP contribution < -0.4 is 0 Å². The van der Waals surface area contributed by atoms with Crippen LogP contribution in [-0.4, -0.2) is 23.4 Å². The number of esters is 1. The lowest BCUT2D eigenvalue weighted by molar-refractivity contribution is -0.139. The monoisotopic (exact) mass is 240 g/mol. The first-order valence-electron chi connectivity index (χ1n) is 5.20. The number of rotatable bonds is 5. The highest BCUT2D eigenvalue weighted by atomic mass is 32.2. The van der Waals surface area contributed by atoms with Gasteiger partial charge in [0.05, 0.1) is 18.5 Å². The maximum atomic E-state index is 11.2. The van der Waals surface area contributed by atoms with Crippen molar-refractivity contribution < 1.29 is 14.6 Å². The molecule has 16 heavy (non-hydrogen) atoms. The molecule has 0 aromatic heterocycles. The van der Waals surface area contributed by atoms with Gasteiger partial charge in [-0.05, 0) is 25.5 Å². The van der Waals surface area contributed by atoms with E-state index in [1.165, 1.54) is 11.8 Å². The largest absolute Gasteiger partial charge is 0.465 e. The van der Waals surface area contributed by atoms with Gasteiger partial charge in [-0.15, -0.1) is 11.8 Å². The fraction of sp³-hybridized carbons (Fsp3) is 0.417. The molecule has 0 aliphatic rings. The summed E-state index contributed by atoms with van der Waals surface area (Å²) in [7, 11) is 0. The Labute approximate surface area is 99.8 Å². The standard InChI is InChI=1S/C12H16O3S/c1-3-15-12(14)8-16-11-7-5-4-6-10(11)9(2)13/h4-7,9,13H,3,8H2,1-2H3. The first-order chi connectivity index (χ1) is 7.65. The molecule has 1 rings (SSSR count). The topological polar surface area (TPSA) is 46.5 Å². The summed E-state index contributed by atoms with van der Waals surface area (Å²) in [4.78, 5) is 12.1. The number of thioether (sulfide) groups is 1. The molecule has 0 aliphatic heterocycles. The highest BCUT2D eigenvalue weighted by Gasteiger charge is 2.09. The molecular formula is C12H16O3S. The molecule has 4 heteroatoms. The molecule has 0 fully saturated rings. The van der Waals surface area contributed by atoms with Crippen molar-refractivity contribution in [2.24, 2.45) is 0 Å². The quantitative estimate of drug-likeness (QED) is 0.634. The van der Waals surface area contributed by atoms with Crippen LogP contribution >= 0.6 is 11.8 Å². The number of aliphatic hydroxyl groups excluding tert-OH is 1. The van der Waals surface area contributed by atoms with Gasteiger partial charge in [-0.3, -0.25) is 4.79 Å². The van der Waals surface area contributed by atoms with Gasteiger partial charge in [0.15, 0.2) is 0 Å². The number of hydrogen-bond acceptors (Lipinski definition) is 4. The minimum absolute atomic E-state index is 0.229. The van der Waals surface area contributed by atoms with Crippen LogP contribution in [0.3, 0.4) is 0 Å².